The maximum Gasteiger partial charge on any atom is 0.167 e. The summed E-state index contributed by atoms with van der Waals surface area (Å²) < 4.78 is 0. The smallest absolute Gasteiger partial charge is 0.167 e. The van der Waals surface area contributed by atoms with E-state index in [9.17, 15) is 4.79 Å². The zero-order valence-electron chi connectivity index (χ0n) is 11.5. The van der Waals surface area contributed by atoms with Crippen molar-refractivity contribution in [3.05, 3.63) is 77.9 Å². The highest BCUT2D eigenvalue weighted by atomic mass is 16.1. The van der Waals surface area contributed by atoms with Crippen molar-refractivity contribution in [3.63, 3.8) is 0 Å². The normalized spacial score (nSPS) is 17.3. The molecule has 0 spiro atoms. The lowest BCUT2D eigenvalue weighted by Crippen LogP contribution is -2.23. The summed E-state index contributed by atoms with van der Waals surface area (Å²) in [7, 11) is 0. The summed E-state index contributed by atoms with van der Waals surface area (Å²) in [5, 5.41) is 5.67. The van der Waals surface area contributed by atoms with Crippen LogP contribution in [0.1, 0.15) is 28.4 Å². The Morgan fingerprint density at radius 2 is 1.62 bits per heavy atom. The Morgan fingerprint density at radius 3 is 2.48 bits per heavy atom. The zero-order valence-corrected chi connectivity index (χ0v) is 11.5. The molecule has 2 nitrogen and oxygen atoms in total. The van der Waals surface area contributed by atoms with Crippen LogP contribution in [0.25, 0.3) is 10.8 Å². The number of carbonyl (C=O) groups excluding carboxylic acids is 1. The highest BCUT2D eigenvalue weighted by Crippen LogP contribution is 2.36. The Hall–Kier alpha value is -2.61. The summed E-state index contributed by atoms with van der Waals surface area (Å²) in [6.07, 6.45) is 0.505. The van der Waals surface area contributed by atoms with Gasteiger partial charge in [0.25, 0.3) is 0 Å². The monoisotopic (exact) mass is 273 g/mol. The molecule has 0 saturated carbocycles. The number of hydrogen-bond acceptors (Lipinski definition) is 2. The highest BCUT2D eigenvalue weighted by molar-refractivity contribution is 6.14. The van der Waals surface area contributed by atoms with E-state index in [1.807, 2.05) is 48.5 Å². The molecular formula is C19H15NO. The average Bonchev–Trinajstić information content (AvgIpc) is 2.55. The third-order valence-electron chi connectivity index (χ3n) is 4.13. The molecule has 0 amide bonds. The molecule has 3 aromatic rings. The van der Waals surface area contributed by atoms with Gasteiger partial charge in [0.2, 0.25) is 0 Å². The zero-order chi connectivity index (χ0) is 14.2. The topological polar surface area (TPSA) is 29.1 Å². The van der Waals surface area contributed by atoms with Crippen LogP contribution in [0.4, 0.5) is 5.69 Å². The standard InChI is InChI=1S/C19H15NO/c21-18-12-17(14-7-2-1-3-8-14)20-16-11-10-13-6-4-5-9-15(13)19(16)18/h1-11,17,20H,12H2/t17-/m0/s1. The Kier molecular flexibility index (Phi) is 2.74. The molecule has 0 unspecified atom stereocenters. The van der Waals surface area contributed by atoms with Gasteiger partial charge in [-0.1, -0.05) is 60.7 Å². The van der Waals surface area contributed by atoms with Crippen LogP contribution in [0.3, 0.4) is 0 Å². The van der Waals surface area contributed by atoms with Crippen molar-refractivity contribution >= 4 is 22.2 Å². The van der Waals surface area contributed by atoms with E-state index in [4.69, 9.17) is 0 Å². The van der Waals surface area contributed by atoms with Crippen LogP contribution in [0.15, 0.2) is 66.7 Å². The number of Topliss-reactive ketones (excluding diaryl/α,β-unsaturated/α-hetero) is 1. The van der Waals surface area contributed by atoms with E-state index < -0.39 is 0 Å². The van der Waals surface area contributed by atoms with E-state index in [-0.39, 0.29) is 11.8 Å². The molecule has 1 heterocycles. The lowest BCUT2D eigenvalue weighted by Gasteiger charge is -2.27. The van der Waals surface area contributed by atoms with E-state index in [1.54, 1.807) is 0 Å². The molecule has 102 valence electrons. The van der Waals surface area contributed by atoms with Gasteiger partial charge in [-0.15, -0.1) is 0 Å². The van der Waals surface area contributed by atoms with Crippen LogP contribution in [0.2, 0.25) is 0 Å². The molecule has 1 aliphatic rings. The Balaban J connectivity index is 1.83. The number of fused-ring (bicyclic) bond motifs is 3. The second-order valence-corrected chi connectivity index (χ2v) is 5.44. The summed E-state index contributed by atoms with van der Waals surface area (Å²) in [4.78, 5) is 12.6. The van der Waals surface area contributed by atoms with Crippen LogP contribution in [-0.2, 0) is 0 Å². The van der Waals surface area contributed by atoms with Crippen molar-refractivity contribution in [1.29, 1.82) is 0 Å². The number of nitrogens with one attached hydrogen (secondary N) is 1. The van der Waals surface area contributed by atoms with Crippen molar-refractivity contribution in [3.8, 4) is 0 Å². The molecular weight excluding hydrogens is 258 g/mol. The number of carbonyl (C=O) groups is 1. The first-order valence-electron chi connectivity index (χ1n) is 7.19. The molecule has 0 aliphatic carbocycles. The van der Waals surface area contributed by atoms with Crippen LogP contribution in [-0.4, -0.2) is 5.78 Å². The van der Waals surface area contributed by atoms with Gasteiger partial charge in [-0.3, -0.25) is 4.79 Å². The largest absolute Gasteiger partial charge is 0.377 e. The molecule has 1 N–H and O–H groups in total. The number of anilines is 1. The van der Waals surface area contributed by atoms with Crippen molar-refractivity contribution < 1.29 is 4.79 Å². The van der Waals surface area contributed by atoms with E-state index in [0.717, 1.165) is 27.6 Å². The molecule has 0 radical (unpaired) electrons. The van der Waals surface area contributed by atoms with Gasteiger partial charge >= 0.3 is 0 Å². The van der Waals surface area contributed by atoms with Gasteiger partial charge < -0.3 is 5.32 Å². The maximum atomic E-state index is 12.6. The van der Waals surface area contributed by atoms with Crippen LogP contribution >= 0.6 is 0 Å². The number of benzene rings is 3. The van der Waals surface area contributed by atoms with E-state index in [2.05, 4.69) is 23.5 Å². The molecule has 21 heavy (non-hydrogen) atoms. The number of rotatable bonds is 1. The fraction of sp³-hybridized carbons (Fsp3) is 0.105. The molecule has 0 saturated heterocycles. The predicted octanol–water partition coefficient (Wildman–Crippen LogP) is 4.58. The van der Waals surface area contributed by atoms with Crippen molar-refractivity contribution in [1.82, 2.24) is 0 Å². The highest BCUT2D eigenvalue weighted by Gasteiger charge is 2.26. The molecule has 1 aliphatic heterocycles. The van der Waals surface area contributed by atoms with Crippen LogP contribution in [0.5, 0.6) is 0 Å². The average molecular weight is 273 g/mol. The van der Waals surface area contributed by atoms with E-state index in [1.165, 1.54) is 0 Å². The van der Waals surface area contributed by atoms with E-state index in [0.29, 0.717) is 6.42 Å². The second-order valence-electron chi connectivity index (χ2n) is 5.44. The molecule has 2 heteroatoms. The van der Waals surface area contributed by atoms with Crippen LogP contribution in [0, 0.1) is 0 Å². The maximum absolute atomic E-state index is 12.6. The van der Waals surface area contributed by atoms with Gasteiger partial charge in [-0.25, -0.2) is 0 Å². The first-order chi connectivity index (χ1) is 10.3. The third kappa shape index (κ3) is 2.00. The Bertz CT molecular complexity index is 823. The van der Waals surface area contributed by atoms with Gasteiger partial charge in [0, 0.05) is 17.7 Å². The molecule has 1 atom stereocenters. The summed E-state index contributed by atoms with van der Waals surface area (Å²) in [6, 6.07) is 22.4. The second kappa shape index (κ2) is 4.74. The molecule has 3 aromatic carbocycles. The molecule has 0 fully saturated rings. The third-order valence-corrected chi connectivity index (χ3v) is 4.13. The fourth-order valence-corrected chi connectivity index (χ4v) is 3.10. The minimum absolute atomic E-state index is 0.0624. The lowest BCUT2D eigenvalue weighted by atomic mass is 9.89. The molecule has 0 aromatic heterocycles. The fourth-order valence-electron chi connectivity index (χ4n) is 3.10. The minimum atomic E-state index is 0.0624. The van der Waals surface area contributed by atoms with Crippen molar-refractivity contribution in [2.75, 3.05) is 5.32 Å². The summed E-state index contributed by atoms with van der Waals surface area (Å²) in [5.74, 6) is 0.217. The summed E-state index contributed by atoms with van der Waals surface area (Å²) in [5.41, 5.74) is 2.93. The van der Waals surface area contributed by atoms with Gasteiger partial charge in [0.05, 0.1) is 6.04 Å². The number of hydrogen-bond donors (Lipinski definition) is 1. The first kappa shape index (κ1) is 12.2. The SMILES string of the molecule is O=C1C[C@@H](c2ccccc2)Nc2ccc3ccccc3c21. The molecule has 4 rings (SSSR count). The van der Waals surface area contributed by atoms with Gasteiger partial charge in [-0.2, -0.15) is 0 Å². The van der Waals surface area contributed by atoms with Crippen molar-refractivity contribution in [2.45, 2.75) is 12.5 Å². The Labute approximate surface area is 123 Å². The summed E-state index contributed by atoms with van der Waals surface area (Å²) in [6.45, 7) is 0. The minimum Gasteiger partial charge on any atom is -0.377 e. The molecule has 0 bridgehead atoms. The van der Waals surface area contributed by atoms with Crippen LogP contribution < -0.4 is 5.32 Å². The predicted molar refractivity (Wildman–Crippen MR) is 85.7 cm³/mol. The quantitative estimate of drug-likeness (QED) is 0.703. The Morgan fingerprint density at radius 1 is 0.857 bits per heavy atom. The van der Waals surface area contributed by atoms with Gasteiger partial charge in [-0.05, 0) is 22.4 Å². The van der Waals surface area contributed by atoms with Gasteiger partial charge in [0.15, 0.2) is 5.78 Å². The number of ketones is 1. The summed E-state index contributed by atoms with van der Waals surface area (Å²) >= 11 is 0. The first-order valence-corrected chi connectivity index (χ1v) is 7.19. The van der Waals surface area contributed by atoms with E-state index >= 15 is 0 Å². The van der Waals surface area contributed by atoms with Crippen molar-refractivity contribution in [2.24, 2.45) is 0 Å². The lowest BCUT2D eigenvalue weighted by molar-refractivity contribution is 0.0974. The van der Waals surface area contributed by atoms with Gasteiger partial charge in [0.1, 0.15) is 0 Å².